The SMILES string of the molecule is CN(c1ccc(CC(=O)Nc2ccccc2Sc2ccccc2)cc1)S(=O)(=O)c1ccc(Cl)cc1. The van der Waals surface area contributed by atoms with E-state index in [0.717, 1.165) is 21.0 Å². The van der Waals surface area contributed by atoms with Crippen LogP contribution in [0.1, 0.15) is 5.56 Å². The molecule has 0 aliphatic heterocycles. The summed E-state index contributed by atoms with van der Waals surface area (Å²) in [4.78, 5) is 14.9. The minimum absolute atomic E-state index is 0.152. The average Bonchev–Trinajstić information content (AvgIpc) is 2.86. The molecule has 8 heteroatoms. The van der Waals surface area contributed by atoms with E-state index in [2.05, 4.69) is 5.32 Å². The summed E-state index contributed by atoms with van der Waals surface area (Å²) in [5.41, 5.74) is 2.02. The number of sulfonamides is 1. The van der Waals surface area contributed by atoms with Gasteiger partial charge < -0.3 is 5.32 Å². The lowest BCUT2D eigenvalue weighted by Gasteiger charge is -2.20. The quantitative estimate of drug-likeness (QED) is 0.287. The molecule has 4 rings (SSSR count). The van der Waals surface area contributed by atoms with E-state index in [0.29, 0.717) is 10.7 Å². The first-order valence-corrected chi connectivity index (χ1v) is 13.4. The molecular formula is C27H23ClN2O3S2. The molecule has 4 aromatic rings. The molecule has 0 aliphatic rings. The Labute approximate surface area is 214 Å². The Kier molecular flexibility index (Phi) is 7.80. The van der Waals surface area contributed by atoms with Crippen LogP contribution in [0.4, 0.5) is 11.4 Å². The van der Waals surface area contributed by atoms with E-state index < -0.39 is 10.0 Å². The smallest absolute Gasteiger partial charge is 0.264 e. The summed E-state index contributed by atoms with van der Waals surface area (Å²) >= 11 is 7.46. The third kappa shape index (κ3) is 6.25. The minimum Gasteiger partial charge on any atom is -0.325 e. The number of hydrogen-bond acceptors (Lipinski definition) is 4. The molecule has 4 aromatic carbocycles. The number of benzene rings is 4. The lowest BCUT2D eigenvalue weighted by atomic mass is 10.1. The Bertz CT molecular complexity index is 1410. The van der Waals surface area contributed by atoms with Crippen LogP contribution in [0.25, 0.3) is 0 Å². The maximum atomic E-state index is 12.9. The summed E-state index contributed by atoms with van der Waals surface area (Å²) in [5, 5.41) is 3.46. The monoisotopic (exact) mass is 522 g/mol. The Morgan fingerprint density at radius 1 is 0.857 bits per heavy atom. The number of halogens is 1. The van der Waals surface area contributed by atoms with Crippen molar-refractivity contribution in [2.24, 2.45) is 0 Å². The molecule has 0 atom stereocenters. The topological polar surface area (TPSA) is 66.5 Å². The molecule has 0 unspecified atom stereocenters. The van der Waals surface area contributed by atoms with Gasteiger partial charge in [-0.15, -0.1) is 0 Å². The van der Waals surface area contributed by atoms with Gasteiger partial charge in [-0.1, -0.05) is 65.8 Å². The fourth-order valence-electron chi connectivity index (χ4n) is 3.38. The van der Waals surface area contributed by atoms with E-state index >= 15 is 0 Å². The van der Waals surface area contributed by atoms with Gasteiger partial charge in [0.1, 0.15) is 0 Å². The highest BCUT2D eigenvalue weighted by molar-refractivity contribution is 7.99. The highest BCUT2D eigenvalue weighted by atomic mass is 35.5. The van der Waals surface area contributed by atoms with Crippen LogP contribution in [0.5, 0.6) is 0 Å². The molecule has 1 N–H and O–H groups in total. The predicted octanol–water partition coefficient (Wildman–Crippen LogP) is 6.50. The van der Waals surface area contributed by atoms with Gasteiger partial charge in [0.05, 0.1) is 22.7 Å². The Hall–Kier alpha value is -3.26. The molecule has 0 radical (unpaired) electrons. The first-order chi connectivity index (χ1) is 16.8. The van der Waals surface area contributed by atoms with Crippen molar-refractivity contribution in [3.63, 3.8) is 0 Å². The van der Waals surface area contributed by atoms with Gasteiger partial charge in [0, 0.05) is 21.9 Å². The molecule has 5 nitrogen and oxygen atoms in total. The van der Waals surface area contributed by atoms with Crippen molar-refractivity contribution < 1.29 is 13.2 Å². The maximum absolute atomic E-state index is 12.9. The second kappa shape index (κ2) is 11.0. The molecule has 0 aliphatic carbocycles. The van der Waals surface area contributed by atoms with Crippen LogP contribution >= 0.6 is 23.4 Å². The molecule has 0 bridgehead atoms. The van der Waals surface area contributed by atoms with Crippen molar-refractivity contribution >= 4 is 50.7 Å². The van der Waals surface area contributed by atoms with Crippen LogP contribution in [0.15, 0.2) is 118 Å². The molecule has 35 heavy (non-hydrogen) atoms. The van der Waals surface area contributed by atoms with E-state index in [-0.39, 0.29) is 17.2 Å². The first kappa shape index (κ1) is 24.9. The van der Waals surface area contributed by atoms with Gasteiger partial charge in [0.2, 0.25) is 5.91 Å². The summed E-state index contributed by atoms with van der Waals surface area (Å²) in [5.74, 6) is -0.152. The number of carbonyl (C=O) groups is 1. The predicted molar refractivity (Wildman–Crippen MR) is 143 cm³/mol. The number of nitrogens with zero attached hydrogens (tertiary/aromatic N) is 1. The van der Waals surface area contributed by atoms with Crippen molar-refractivity contribution in [3.05, 3.63) is 114 Å². The highest BCUT2D eigenvalue weighted by Gasteiger charge is 2.21. The van der Waals surface area contributed by atoms with Crippen molar-refractivity contribution in [2.45, 2.75) is 21.1 Å². The summed E-state index contributed by atoms with van der Waals surface area (Å²) in [6, 6.07) is 30.6. The van der Waals surface area contributed by atoms with Crippen LogP contribution in [-0.2, 0) is 21.2 Å². The summed E-state index contributed by atoms with van der Waals surface area (Å²) in [6.45, 7) is 0. The maximum Gasteiger partial charge on any atom is 0.264 e. The third-order valence-electron chi connectivity index (χ3n) is 5.27. The lowest BCUT2D eigenvalue weighted by Crippen LogP contribution is -2.26. The van der Waals surface area contributed by atoms with Gasteiger partial charge in [0.25, 0.3) is 10.0 Å². The minimum atomic E-state index is -3.72. The van der Waals surface area contributed by atoms with Crippen LogP contribution in [0.2, 0.25) is 5.02 Å². The van der Waals surface area contributed by atoms with E-state index in [1.165, 1.54) is 23.5 Å². The summed E-state index contributed by atoms with van der Waals surface area (Å²) in [6.07, 6.45) is 0.165. The Balaban J connectivity index is 1.42. The van der Waals surface area contributed by atoms with E-state index in [9.17, 15) is 13.2 Å². The van der Waals surface area contributed by atoms with E-state index in [4.69, 9.17) is 11.6 Å². The number of rotatable bonds is 8. The Morgan fingerprint density at radius 2 is 1.49 bits per heavy atom. The van der Waals surface area contributed by atoms with E-state index in [1.54, 1.807) is 48.2 Å². The zero-order valence-electron chi connectivity index (χ0n) is 18.9. The van der Waals surface area contributed by atoms with Crippen LogP contribution in [0.3, 0.4) is 0 Å². The Morgan fingerprint density at radius 3 is 2.17 bits per heavy atom. The second-order valence-corrected chi connectivity index (χ2v) is 11.3. The normalized spacial score (nSPS) is 11.1. The average molecular weight is 523 g/mol. The number of para-hydroxylation sites is 1. The number of amides is 1. The molecule has 0 spiro atoms. The zero-order valence-corrected chi connectivity index (χ0v) is 21.3. The van der Waals surface area contributed by atoms with E-state index in [1.807, 2.05) is 54.6 Å². The van der Waals surface area contributed by atoms with Crippen molar-refractivity contribution in [3.8, 4) is 0 Å². The van der Waals surface area contributed by atoms with Gasteiger partial charge >= 0.3 is 0 Å². The van der Waals surface area contributed by atoms with Gasteiger partial charge in [-0.3, -0.25) is 9.10 Å². The van der Waals surface area contributed by atoms with Crippen molar-refractivity contribution in [2.75, 3.05) is 16.7 Å². The molecule has 0 fully saturated rings. The fraction of sp³-hybridized carbons (Fsp3) is 0.0741. The second-order valence-electron chi connectivity index (χ2n) is 7.73. The lowest BCUT2D eigenvalue weighted by molar-refractivity contribution is -0.115. The molecular weight excluding hydrogens is 500 g/mol. The van der Waals surface area contributed by atoms with Crippen LogP contribution < -0.4 is 9.62 Å². The van der Waals surface area contributed by atoms with Gasteiger partial charge in [0.15, 0.2) is 0 Å². The molecule has 0 saturated heterocycles. The molecule has 0 heterocycles. The molecule has 178 valence electrons. The van der Waals surface area contributed by atoms with Crippen LogP contribution in [0, 0.1) is 0 Å². The van der Waals surface area contributed by atoms with Crippen molar-refractivity contribution in [1.82, 2.24) is 0 Å². The molecule has 0 saturated carbocycles. The van der Waals surface area contributed by atoms with Gasteiger partial charge in [-0.25, -0.2) is 8.42 Å². The molecule has 0 aromatic heterocycles. The van der Waals surface area contributed by atoms with Crippen LogP contribution in [-0.4, -0.2) is 21.4 Å². The third-order valence-corrected chi connectivity index (χ3v) is 8.40. The summed E-state index contributed by atoms with van der Waals surface area (Å²) in [7, 11) is -2.23. The standard InChI is InChI=1S/C27H23ClN2O3S2/c1-30(35(32,33)24-17-13-21(28)14-18-24)22-15-11-20(12-16-22)19-27(31)29-25-9-5-6-10-26(25)34-23-7-3-2-4-8-23/h2-18H,19H2,1H3,(H,29,31). The fourth-order valence-corrected chi connectivity index (χ4v) is 5.63. The van der Waals surface area contributed by atoms with Gasteiger partial charge in [-0.05, 0) is 66.2 Å². The zero-order chi connectivity index (χ0) is 24.8. The number of anilines is 2. The van der Waals surface area contributed by atoms with Gasteiger partial charge in [-0.2, -0.15) is 0 Å². The number of hydrogen-bond donors (Lipinski definition) is 1. The first-order valence-electron chi connectivity index (χ1n) is 10.8. The summed E-state index contributed by atoms with van der Waals surface area (Å²) < 4.78 is 27.0. The highest BCUT2D eigenvalue weighted by Crippen LogP contribution is 2.33. The largest absolute Gasteiger partial charge is 0.325 e. The number of nitrogens with one attached hydrogen (secondary N) is 1. The number of carbonyl (C=O) groups excluding carboxylic acids is 1. The molecule has 1 amide bonds. The van der Waals surface area contributed by atoms with Crippen molar-refractivity contribution in [1.29, 1.82) is 0 Å².